The number of aryl methyl sites for hydroxylation is 2. The SMILES string of the molecule is Cc1ccc(C2C(C(=O)c3sc(-c4ccccc4)nc3C)=C(O)C(=O)N2c2ccc(N3CCCCC3)cc2)o1. The van der Waals surface area contributed by atoms with Crippen molar-refractivity contribution in [3.05, 3.63) is 100 Å². The Kier molecular flexibility index (Phi) is 6.56. The number of hydrogen-bond acceptors (Lipinski definition) is 7. The van der Waals surface area contributed by atoms with Gasteiger partial charge < -0.3 is 14.4 Å². The summed E-state index contributed by atoms with van der Waals surface area (Å²) in [5.41, 5.74) is 3.13. The highest BCUT2D eigenvalue weighted by atomic mass is 32.1. The molecule has 2 aromatic heterocycles. The number of benzene rings is 2. The molecule has 198 valence electrons. The highest BCUT2D eigenvalue weighted by molar-refractivity contribution is 7.17. The Labute approximate surface area is 231 Å². The first kappa shape index (κ1) is 25.1. The number of ketones is 1. The first-order valence-corrected chi connectivity index (χ1v) is 14.0. The van der Waals surface area contributed by atoms with Crippen molar-refractivity contribution in [3.8, 4) is 10.6 Å². The standard InChI is InChI=1S/C31H29N3O4S/c1-19-11-16-24(38-19)26-25(27(35)29-20(2)32-30(39-29)21-9-5-3-6-10-21)28(36)31(37)34(26)23-14-12-22(13-15-23)33-17-7-4-8-18-33/h3,5-6,9-16,26,36H,4,7-8,17-18H2,1-2H3. The lowest BCUT2D eigenvalue weighted by Gasteiger charge is -2.30. The Balaban J connectivity index is 1.39. The molecular formula is C31H29N3O4S. The van der Waals surface area contributed by atoms with Crippen LogP contribution in [0.1, 0.15) is 52.2 Å². The summed E-state index contributed by atoms with van der Waals surface area (Å²) in [5.74, 6) is -0.554. The Morgan fingerprint density at radius 2 is 1.64 bits per heavy atom. The number of thiazole rings is 1. The normalized spacial score (nSPS) is 17.8. The maximum atomic E-state index is 14.0. The zero-order valence-electron chi connectivity index (χ0n) is 21.9. The molecule has 1 saturated heterocycles. The summed E-state index contributed by atoms with van der Waals surface area (Å²) in [6.07, 6.45) is 3.58. The largest absolute Gasteiger partial charge is 0.503 e. The predicted molar refractivity (Wildman–Crippen MR) is 152 cm³/mol. The molecule has 2 aromatic carbocycles. The summed E-state index contributed by atoms with van der Waals surface area (Å²) in [6.45, 7) is 5.60. The molecule has 0 spiro atoms. The molecule has 1 amide bonds. The summed E-state index contributed by atoms with van der Waals surface area (Å²) in [4.78, 5) is 36.4. The van der Waals surface area contributed by atoms with Crippen molar-refractivity contribution < 1.29 is 19.1 Å². The second-order valence-corrected chi connectivity index (χ2v) is 11.0. The van der Waals surface area contributed by atoms with E-state index >= 15 is 0 Å². The fourth-order valence-electron chi connectivity index (χ4n) is 5.38. The number of aliphatic hydroxyl groups excluding tert-OH is 1. The number of piperidine rings is 1. The third-order valence-electron chi connectivity index (χ3n) is 7.36. The van der Waals surface area contributed by atoms with Crippen LogP contribution in [0.3, 0.4) is 0 Å². The molecule has 4 heterocycles. The summed E-state index contributed by atoms with van der Waals surface area (Å²) >= 11 is 1.26. The Morgan fingerprint density at radius 1 is 0.949 bits per heavy atom. The van der Waals surface area contributed by atoms with Gasteiger partial charge in [0.1, 0.15) is 22.6 Å². The molecule has 1 unspecified atom stereocenters. The number of aromatic nitrogens is 1. The van der Waals surface area contributed by atoms with Gasteiger partial charge in [0.15, 0.2) is 5.76 Å². The molecular weight excluding hydrogens is 510 g/mol. The van der Waals surface area contributed by atoms with Gasteiger partial charge in [0.05, 0.1) is 16.1 Å². The zero-order chi connectivity index (χ0) is 27.1. The lowest BCUT2D eigenvalue weighted by Crippen LogP contribution is -2.31. The van der Waals surface area contributed by atoms with E-state index in [9.17, 15) is 14.7 Å². The quantitative estimate of drug-likeness (QED) is 0.271. The highest BCUT2D eigenvalue weighted by Gasteiger charge is 2.47. The van der Waals surface area contributed by atoms with Crippen LogP contribution in [-0.4, -0.2) is 34.9 Å². The molecule has 0 bridgehead atoms. The Bertz CT molecular complexity index is 1560. The first-order valence-electron chi connectivity index (χ1n) is 13.2. The Morgan fingerprint density at radius 3 is 2.31 bits per heavy atom. The van der Waals surface area contributed by atoms with Crippen LogP contribution < -0.4 is 9.80 Å². The second-order valence-electron chi connectivity index (χ2n) is 9.98. The fraction of sp³-hybridized carbons (Fsp3) is 0.258. The van der Waals surface area contributed by atoms with Crippen LogP contribution in [-0.2, 0) is 4.79 Å². The molecule has 0 radical (unpaired) electrons. The van der Waals surface area contributed by atoms with Crippen molar-refractivity contribution >= 4 is 34.4 Å². The molecule has 4 aromatic rings. The minimum absolute atomic E-state index is 0.000758. The lowest BCUT2D eigenvalue weighted by atomic mass is 9.99. The number of aliphatic hydroxyl groups is 1. The van der Waals surface area contributed by atoms with Crippen molar-refractivity contribution in [1.29, 1.82) is 0 Å². The maximum absolute atomic E-state index is 14.0. The van der Waals surface area contributed by atoms with Gasteiger partial charge >= 0.3 is 0 Å². The number of nitrogens with zero attached hydrogens (tertiary/aromatic N) is 3. The third-order valence-corrected chi connectivity index (χ3v) is 8.56. The molecule has 0 aliphatic carbocycles. The van der Waals surface area contributed by atoms with Gasteiger partial charge in [-0.15, -0.1) is 11.3 Å². The number of carbonyl (C=O) groups is 2. The van der Waals surface area contributed by atoms with E-state index in [4.69, 9.17) is 4.42 Å². The van der Waals surface area contributed by atoms with Gasteiger partial charge in [-0.05, 0) is 69.5 Å². The van der Waals surface area contributed by atoms with Gasteiger partial charge in [-0.25, -0.2) is 4.98 Å². The van der Waals surface area contributed by atoms with Crippen molar-refractivity contribution in [2.75, 3.05) is 22.9 Å². The number of amides is 1. The summed E-state index contributed by atoms with van der Waals surface area (Å²) in [6, 6.07) is 20.0. The number of hydrogen-bond donors (Lipinski definition) is 1. The molecule has 1 fully saturated rings. The minimum atomic E-state index is -0.902. The molecule has 0 saturated carbocycles. The van der Waals surface area contributed by atoms with E-state index < -0.39 is 23.5 Å². The van der Waals surface area contributed by atoms with Crippen LogP contribution in [0.5, 0.6) is 0 Å². The predicted octanol–water partition coefficient (Wildman–Crippen LogP) is 6.79. The summed E-state index contributed by atoms with van der Waals surface area (Å²) < 4.78 is 5.94. The van der Waals surface area contributed by atoms with Gasteiger partial charge in [0.25, 0.3) is 5.91 Å². The molecule has 1 N–H and O–H groups in total. The van der Waals surface area contributed by atoms with Gasteiger partial charge in [-0.1, -0.05) is 30.3 Å². The van der Waals surface area contributed by atoms with Crippen molar-refractivity contribution in [3.63, 3.8) is 0 Å². The molecule has 8 heteroatoms. The van der Waals surface area contributed by atoms with Crippen LogP contribution in [0.25, 0.3) is 10.6 Å². The van der Waals surface area contributed by atoms with Crippen molar-refractivity contribution in [1.82, 2.24) is 4.98 Å². The van der Waals surface area contributed by atoms with Gasteiger partial charge in [-0.2, -0.15) is 0 Å². The molecule has 2 aliphatic rings. The molecule has 2 aliphatic heterocycles. The molecule has 6 rings (SSSR count). The number of carbonyl (C=O) groups excluding carboxylic acids is 2. The van der Waals surface area contributed by atoms with Crippen LogP contribution in [0, 0.1) is 13.8 Å². The van der Waals surface area contributed by atoms with E-state index in [0.29, 0.717) is 32.8 Å². The third kappa shape index (κ3) is 4.55. The van der Waals surface area contributed by atoms with Crippen LogP contribution in [0.15, 0.2) is 82.5 Å². The number of furan rings is 1. The second kappa shape index (κ2) is 10.2. The molecule has 39 heavy (non-hydrogen) atoms. The van der Waals surface area contributed by atoms with Gasteiger partial charge in [-0.3, -0.25) is 14.5 Å². The van der Waals surface area contributed by atoms with E-state index in [-0.39, 0.29) is 5.57 Å². The van der Waals surface area contributed by atoms with E-state index in [2.05, 4.69) is 9.88 Å². The first-order chi connectivity index (χ1) is 18.9. The van der Waals surface area contributed by atoms with E-state index in [0.717, 1.165) is 24.3 Å². The minimum Gasteiger partial charge on any atom is -0.503 e. The van der Waals surface area contributed by atoms with Crippen molar-refractivity contribution in [2.45, 2.75) is 39.2 Å². The van der Waals surface area contributed by atoms with E-state index in [1.54, 1.807) is 19.1 Å². The summed E-state index contributed by atoms with van der Waals surface area (Å²) in [7, 11) is 0. The number of rotatable bonds is 6. The van der Waals surface area contributed by atoms with Crippen LogP contribution >= 0.6 is 11.3 Å². The maximum Gasteiger partial charge on any atom is 0.294 e. The van der Waals surface area contributed by atoms with Gasteiger partial charge in [0.2, 0.25) is 5.78 Å². The topological polar surface area (TPSA) is 86.9 Å². The zero-order valence-corrected chi connectivity index (χ0v) is 22.7. The highest BCUT2D eigenvalue weighted by Crippen LogP contribution is 2.44. The number of anilines is 2. The molecule has 1 atom stereocenters. The van der Waals surface area contributed by atoms with Crippen LogP contribution in [0.2, 0.25) is 0 Å². The fourth-order valence-corrected chi connectivity index (χ4v) is 6.41. The average Bonchev–Trinajstić information content (AvgIpc) is 3.65. The van der Waals surface area contributed by atoms with E-state index in [1.807, 2.05) is 61.5 Å². The lowest BCUT2D eigenvalue weighted by molar-refractivity contribution is -0.117. The van der Waals surface area contributed by atoms with E-state index in [1.165, 1.54) is 35.5 Å². The van der Waals surface area contributed by atoms with Crippen LogP contribution in [0.4, 0.5) is 11.4 Å². The molecule has 7 nitrogen and oxygen atoms in total. The van der Waals surface area contributed by atoms with Crippen molar-refractivity contribution in [2.24, 2.45) is 0 Å². The Hall–Kier alpha value is -4.17. The smallest absolute Gasteiger partial charge is 0.294 e. The van der Waals surface area contributed by atoms with Gasteiger partial charge in [0, 0.05) is 30.0 Å². The monoisotopic (exact) mass is 539 g/mol. The number of Topliss-reactive ketones (excluding diaryl/α,β-unsaturated/α-hetero) is 1. The average molecular weight is 540 g/mol. The summed E-state index contributed by atoms with van der Waals surface area (Å²) in [5, 5.41) is 11.8.